The number of aryl methyl sites for hydroxylation is 2. The second kappa shape index (κ2) is 3.21. The molecule has 1 aliphatic rings. The first-order chi connectivity index (χ1) is 6.27. The molecular formula is C11H13NO. The first kappa shape index (κ1) is 8.30. The van der Waals surface area contributed by atoms with E-state index in [4.69, 9.17) is 4.84 Å². The van der Waals surface area contributed by atoms with Crippen molar-refractivity contribution < 1.29 is 4.84 Å². The molecule has 0 aliphatic carbocycles. The second-order valence-corrected chi connectivity index (χ2v) is 3.48. The van der Waals surface area contributed by atoms with Crippen LogP contribution in [0, 0.1) is 13.8 Å². The third-order valence-corrected chi connectivity index (χ3v) is 2.36. The van der Waals surface area contributed by atoms with Gasteiger partial charge in [0, 0.05) is 12.6 Å². The van der Waals surface area contributed by atoms with E-state index in [1.807, 2.05) is 6.21 Å². The predicted octanol–water partition coefficient (Wildman–Crippen LogP) is 2.75. The number of benzene rings is 1. The quantitative estimate of drug-likeness (QED) is 0.643. The van der Waals surface area contributed by atoms with Crippen molar-refractivity contribution in [2.45, 2.75) is 26.4 Å². The van der Waals surface area contributed by atoms with Gasteiger partial charge in [-0.1, -0.05) is 28.9 Å². The number of hydrogen-bond donors (Lipinski definition) is 0. The summed E-state index contributed by atoms with van der Waals surface area (Å²) in [6.45, 7) is 4.20. The monoisotopic (exact) mass is 175 g/mol. The van der Waals surface area contributed by atoms with Gasteiger partial charge < -0.3 is 4.84 Å². The summed E-state index contributed by atoms with van der Waals surface area (Å²) in [4.78, 5) is 5.24. The molecular weight excluding hydrogens is 162 g/mol. The van der Waals surface area contributed by atoms with E-state index in [9.17, 15) is 0 Å². The van der Waals surface area contributed by atoms with Gasteiger partial charge in [-0.25, -0.2) is 0 Å². The molecule has 13 heavy (non-hydrogen) atoms. The summed E-state index contributed by atoms with van der Waals surface area (Å²) >= 11 is 0. The Hall–Kier alpha value is -1.31. The van der Waals surface area contributed by atoms with Crippen LogP contribution in [-0.4, -0.2) is 6.21 Å². The smallest absolute Gasteiger partial charge is 0.157 e. The standard InChI is InChI=1S/C11H13NO/c1-8-3-4-9(2)10(7-8)11-5-6-12-13-11/h3-4,6-7,11H,5H2,1-2H3. The van der Waals surface area contributed by atoms with E-state index in [0.29, 0.717) is 0 Å². The van der Waals surface area contributed by atoms with Gasteiger partial charge in [0.05, 0.1) is 0 Å². The Morgan fingerprint density at radius 1 is 1.38 bits per heavy atom. The van der Waals surface area contributed by atoms with E-state index in [0.717, 1.165) is 6.42 Å². The molecule has 0 amide bonds. The first-order valence-electron chi connectivity index (χ1n) is 4.52. The van der Waals surface area contributed by atoms with E-state index in [1.54, 1.807) is 0 Å². The molecule has 1 aromatic carbocycles. The van der Waals surface area contributed by atoms with Crippen molar-refractivity contribution in [2.75, 3.05) is 0 Å². The summed E-state index contributed by atoms with van der Waals surface area (Å²) in [5.41, 5.74) is 3.81. The molecule has 0 N–H and O–H groups in total. The molecule has 0 aromatic heterocycles. The van der Waals surface area contributed by atoms with Gasteiger partial charge in [0.25, 0.3) is 0 Å². The lowest BCUT2D eigenvalue weighted by Crippen LogP contribution is -1.99. The number of rotatable bonds is 1. The van der Waals surface area contributed by atoms with E-state index < -0.39 is 0 Å². The SMILES string of the molecule is Cc1ccc(C)c(C2CC=NO2)c1. The van der Waals surface area contributed by atoms with E-state index >= 15 is 0 Å². The summed E-state index contributed by atoms with van der Waals surface area (Å²) in [7, 11) is 0. The van der Waals surface area contributed by atoms with Gasteiger partial charge in [0.15, 0.2) is 6.10 Å². The maximum absolute atomic E-state index is 5.24. The van der Waals surface area contributed by atoms with Gasteiger partial charge in [-0.05, 0) is 25.0 Å². The van der Waals surface area contributed by atoms with Gasteiger partial charge in [-0.15, -0.1) is 0 Å². The minimum absolute atomic E-state index is 0.139. The lowest BCUT2D eigenvalue weighted by Gasteiger charge is -2.12. The zero-order chi connectivity index (χ0) is 9.26. The maximum atomic E-state index is 5.24. The van der Waals surface area contributed by atoms with Crippen molar-refractivity contribution in [1.29, 1.82) is 0 Å². The van der Waals surface area contributed by atoms with Gasteiger partial charge in [0.1, 0.15) is 0 Å². The van der Waals surface area contributed by atoms with Crippen LogP contribution in [0.25, 0.3) is 0 Å². The van der Waals surface area contributed by atoms with Crippen LogP contribution in [0.2, 0.25) is 0 Å². The number of nitrogens with zero attached hydrogens (tertiary/aromatic N) is 1. The van der Waals surface area contributed by atoms with Crippen molar-refractivity contribution in [3.8, 4) is 0 Å². The molecule has 0 fully saturated rings. The molecule has 1 atom stereocenters. The number of oxime groups is 1. The van der Waals surface area contributed by atoms with Crippen LogP contribution in [0.15, 0.2) is 23.4 Å². The highest BCUT2D eigenvalue weighted by atomic mass is 16.6. The molecule has 0 saturated carbocycles. The molecule has 2 nitrogen and oxygen atoms in total. The minimum atomic E-state index is 0.139. The van der Waals surface area contributed by atoms with Crippen LogP contribution < -0.4 is 0 Å². The van der Waals surface area contributed by atoms with Crippen LogP contribution in [0.3, 0.4) is 0 Å². The van der Waals surface area contributed by atoms with Crippen LogP contribution in [0.4, 0.5) is 0 Å². The average Bonchev–Trinajstić information content (AvgIpc) is 2.61. The average molecular weight is 175 g/mol. The normalized spacial score (nSPS) is 20.3. The van der Waals surface area contributed by atoms with E-state index in [1.165, 1.54) is 16.7 Å². The van der Waals surface area contributed by atoms with Crippen molar-refractivity contribution >= 4 is 6.21 Å². The fraction of sp³-hybridized carbons (Fsp3) is 0.364. The fourth-order valence-corrected chi connectivity index (χ4v) is 1.59. The maximum Gasteiger partial charge on any atom is 0.157 e. The molecule has 1 unspecified atom stereocenters. The molecule has 0 saturated heterocycles. The molecule has 2 heteroatoms. The lowest BCUT2D eigenvalue weighted by atomic mass is 9.99. The largest absolute Gasteiger partial charge is 0.388 e. The molecule has 0 spiro atoms. The highest BCUT2D eigenvalue weighted by molar-refractivity contribution is 5.59. The third-order valence-electron chi connectivity index (χ3n) is 2.36. The fourth-order valence-electron chi connectivity index (χ4n) is 1.59. The van der Waals surface area contributed by atoms with E-state index in [2.05, 4.69) is 37.2 Å². The zero-order valence-electron chi connectivity index (χ0n) is 7.95. The van der Waals surface area contributed by atoms with Crippen molar-refractivity contribution in [3.63, 3.8) is 0 Å². The number of hydrogen-bond acceptors (Lipinski definition) is 2. The molecule has 0 radical (unpaired) electrons. The van der Waals surface area contributed by atoms with Crippen LogP contribution in [0.1, 0.15) is 29.2 Å². The molecule has 68 valence electrons. The topological polar surface area (TPSA) is 21.6 Å². The molecule has 0 bridgehead atoms. The Morgan fingerprint density at radius 2 is 2.23 bits per heavy atom. The van der Waals surface area contributed by atoms with Gasteiger partial charge in [-0.2, -0.15) is 0 Å². The Balaban J connectivity index is 2.33. The zero-order valence-corrected chi connectivity index (χ0v) is 7.95. The van der Waals surface area contributed by atoms with Crippen LogP contribution >= 0.6 is 0 Å². The summed E-state index contributed by atoms with van der Waals surface area (Å²) in [5, 5.41) is 3.79. The predicted molar refractivity (Wildman–Crippen MR) is 52.9 cm³/mol. The molecule has 1 heterocycles. The molecule has 2 rings (SSSR count). The molecule has 1 aliphatic heterocycles. The summed E-state index contributed by atoms with van der Waals surface area (Å²) in [6.07, 6.45) is 2.86. The first-order valence-corrected chi connectivity index (χ1v) is 4.52. The Morgan fingerprint density at radius 3 is 2.92 bits per heavy atom. The van der Waals surface area contributed by atoms with Gasteiger partial charge >= 0.3 is 0 Å². The Labute approximate surface area is 78.2 Å². The van der Waals surface area contributed by atoms with Crippen molar-refractivity contribution in [3.05, 3.63) is 34.9 Å². The minimum Gasteiger partial charge on any atom is -0.388 e. The van der Waals surface area contributed by atoms with Crippen molar-refractivity contribution in [2.24, 2.45) is 5.16 Å². The lowest BCUT2D eigenvalue weighted by molar-refractivity contribution is 0.0853. The second-order valence-electron chi connectivity index (χ2n) is 3.48. The summed E-state index contributed by atoms with van der Waals surface area (Å²) < 4.78 is 0. The highest BCUT2D eigenvalue weighted by Crippen LogP contribution is 2.27. The molecule has 1 aromatic rings. The van der Waals surface area contributed by atoms with Gasteiger partial charge in [0.2, 0.25) is 0 Å². The third kappa shape index (κ3) is 1.57. The Bertz CT molecular complexity index is 336. The Kier molecular flexibility index (Phi) is 2.05. The van der Waals surface area contributed by atoms with Crippen LogP contribution in [-0.2, 0) is 4.84 Å². The van der Waals surface area contributed by atoms with Crippen LogP contribution in [0.5, 0.6) is 0 Å². The van der Waals surface area contributed by atoms with Crippen molar-refractivity contribution in [1.82, 2.24) is 0 Å². The highest BCUT2D eigenvalue weighted by Gasteiger charge is 2.17. The summed E-state index contributed by atoms with van der Waals surface area (Å²) in [6, 6.07) is 6.43. The summed E-state index contributed by atoms with van der Waals surface area (Å²) in [5.74, 6) is 0. The van der Waals surface area contributed by atoms with E-state index in [-0.39, 0.29) is 6.10 Å². The van der Waals surface area contributed by atoms with Gasteiger partial charge in [-0.3, -0.25) is 0 Å².